The molecule has 0 atom stereocenters. The number of carbonyl (C=O) groups is 3. The molecule has 0 bridgehead atoms. The van der Waals surface area contributed by atoms with Crippen LogP contribution in [0.5, 0.6) is 11.5 Å². The van der Waals surface area contributed by atoms with Crippen molar-refractivity contribution >= 4 is 23.5 Å². The third-order valence-electron chi connectivity index (χ3n) is 3.59. The molecule has 0 heterocycles. The fourth-order valence-corrected chi connectivity index (χ4v) is 2.33. The number of anilines is 1. The van der Waals surface area contributed by atoms with Gasteiger partial charge in [-0.1, -0.05) is 0 Å². The van der Waals surface area contributed by atoms with Gasteiger partial charge in [0, 0.05) is 16.8 Å². The summed E-state index contributed by atoms with van der Waals surface area (Å²) in [4.78, 5) is 34.7. The number of hydrogen-bond donors (Lipinski definition) is 3. The number of amides is 2. The van der Waals surface area contributed by atoms with Gasteiger partial charge >= 0.3 is 5.97 Å². The Morgan fingerprint density at radius 3 is 2.18 bits per heavy atom. The van der Waals surface area contributed by atoms with E-state index in [-0.39, 0.29) is 17.6 Å². The molecule has 0 saturated carbocycles. The van der Waals surface area contributed by atoms with Crippen molar-refractivity contribution < 1.29 is 29.0 Å². The average molecular weight is 386 g/mol. The molecule has 2 rings (SSSR count). The molecule has 8 nitrogen and oxygen atoms in total. The third kappa shape index (κ3) is 5.73. The largest absolute Gasteiger partial charge is 0.493 e. The second kappa shape index (κ2) is 9.40. The van der Waals surface area contributed by atoms with Gasteiger partial charge in [0.15, 0.2) is 11.5 Å². The van der Waals surface area contributed by atoms with Crippen LogP contribution in [0.15, 0.2) is 42.5 Å². The van der Waals surface area contributed by atoms with Crippen LogP contribution >= 0.6 is 0 Å². The van der Waals surface area contributed by atoms with E-state index in [0.717, 1.165) is 0 Å². The van der Waals surface area contributed by atoms with Gasteiger partial charge in [-0.25, -0.2) is 0 Å². The lowest BCUT2D eigenvalue weighted by Gasteiger charge is -2.14. The first-order chi connectivity index (χ1) is 13.3. The molecule has 2 aromatic rings. The highest BCUT2D eigenvalue weighted by atomic mass is 16.5. The van der Waals surface area contributed by atoms with Gasteiger partial charge in [0.05, 0.1) is 13.2 Å². The van der Waals surface area contributed by atoms with E-state index < -0.39 is 18.4 Å². The van der Waals surface area contributed by atoms with Crippen molar-refractivity contribution in [2.45, 2.75) is 20.0 Å². The maximum absolute atomic E-state index is 12.5. The van der Waals surface area contributed by atoms with Gasteiger partial charge in [0.1, 0.15) is 6.54 Å². The molecular weight excluding hydrogens is 364 g/mol. The molecule has 0 saturated heterocycles. The fraction of sp³-hybridized carbons (Fsp3) is 0.250. The molecule has 0 aliphatic carbocycles. The molecule has 0 aliphatic heterocycles. The predicted molar refractivity (Wildman–Crippen MR) is 103 cm³/mol. The van der Waals surface area contributed by atoms with Crippen molar-refractivity contribution in [1.29, 1.82) is 0 Å². The number of hydrogen-bond acceptors (Lipinski definition) is 5. The lowest BCUT2D eigenvalue weighted by molar-refractivity contribution is -0.135. The monoisotopic (exact) mass is 386 g/mol. The topological polar surface area (TPSA) is 114 Å². The van der Waals surface area contributed by atoms with Crippen LogP contribution in [0, 0.1) is 0 Å². The van der Waals surface area contributed by atoms with Crippen molar-refractivity contribution in [3.8, 4) is 11.5 Å². The Labute approximate surface area is 162 Å². The Kier molecular flexibility index (Phi) is 6.97. The molecule has 8 heteroatoms. The van der Waals surface area contributed by atoms with E-state index in [1.54, 1.807) is 30.3 Å². The van der Waals surface area contributed by atoms with Crippen molar-refractivity contribution in [3.63, 3.8) is 0 Å². The second-order valence-corrected chi connectivity index (χ2v) is 6.14. The zero-order valence-corrected chi connectivity index (χ0v) is 15.8. The molecule has 2 aromatic carbocycles. The number of benzene rings is 2. The lowest BCUT2D eigenvalue weighted by atomic mass is 10.1. The van der Waals surface area contributed by atoms with Gasteiger partial charge in [-0.15, -0.1) is 0 Å². The van der Waals surface area contributed by atoms with Gasteiger partial charge < -0.3 is 25.2 Å². The minimum Gasteiger partial charge on any atom is -0.493 e. The molecular formula is C20H22N2O6. The standard InChI is InChI=1S/C20H22N2O6/c1-12(2)28-16-9-6-14(10-17(16)27-3)20(26)22-15-7-4-13(5-8-15)19(25)21-11-18(23)24/h4-10,12H,11H2,1-3H3,(H,21,25)(H,22,26)(H,23,24). The lowest BCUT2D eigenvalue weighted by Crippen LogP contribution is -2.29. The predicted octanol–water partition coefficient (Wildman–Crippen LogP) is 2.55. The first kappa shape index (κ1) is 20.8. The first-order valence-corrected chi connectivity index (χ1v) is 8.56. The first-order valence-electron chi connectivity index (χ1n) is 8.56. The number of rotatable bonds is 8. The van der Waals surface area contributed by atoms with E-state index in [4.69, 9.17) is 14.6 Å². The average Bonchev–Trinajstić information content (AvgIpc) is 2.66. The van der Waals surface area contributed by atoms with Gasteiger partial charge in [-0.2, -0.15) is 0 Å². The van der Waals surface area contributed by atoms with Crippen molar-refractivity contribution in [3.05, 3.63) is 53.6 Å². The van der Waals surface area contributed by atoms with E-state index in [2.05, 4.69) is 10.6 Å². The summed E-state index contributed by atoms with van der Waals surface area (Å²) in [7, 11) is 1.50. The Morgan fingerprint density at radius 2 is 1.61 bits per heavy atom. The molecule has 2 amide bonds. The number of carboxylic acid groups (broad SMARTS) is 1. The highest BCUT2D eigenvalue weighted by Crippen LogP contribution is 2.29. The fourth-order valence-electron chi connectivity index (χ4n) is 2.33. The number of ether oxygens (including phenoxy) is 2. The van der Waals surface area contributed by atoms with E-state index in [1.165, 1.54) is 19.2 Å². The van der Waals surface area contributed by atoms with Crippen LogP contribution in [-0.2, 0) is 4.79 Å². The Balaban J connectivity index is 2.06. The van der Waals surface area contributed by atoms with Gasteiger partial charge in [-0.3, -0.25) is 14.4 Å². The zero-order valence-electron chi connectivity index (χ0n) is 15.8. The third-order valence-corrected chi connectivity index (χ3v) is 3.59. The normalized spacial score (nSPS) is 10.3. The highest BCUT2D eigenvalue weighted by molar-refractivity contribution is 6.05. The van der Waals surface area contributed by atoms with Gasteiger partial charge in [-0.05, 0) is 56.3 Å². The van der Waals surface area contributed by atoms with Crippen molar-refractivity contribution in [2.24, 2.45) is 0 Å². The number of carbonyl (C=O) groups excluding carboxylic acids is 2. The summed E-state index contributed by atoms with van der Waals surface area (Å²) in [6, 6.07) is 11.0. The molecule has 0 aliphatic rings. The number of nitrogens with one attached hydrogen (secondary N) is 2. The highest BCUT2D eigenvalue weighted by Gasteiger charge is 2.13. The van der Waals surface area contributed by atoms with Crippen molar-refractivity contribution in [2.75, 3.05) is 19.0 Å². The van der Waals surface area contributed by atoms with E-state index in [9.17, 15) is 14.4 Å². The molecule has 0 aromatic heterocycles. The Bertz CT molecular complexity index is 861. The molecule has 0 spiro atoms. The summed E-state index contributed by atoms with van der Waals surface area (Å²) in [6.07, 6.45) is -0.0280. The SMILES string of the molecule is COc1cc(C(=O)Nc2ccc(C(=O)NCC(=O)O)cc2)ccc1OC(C)C. The summed E-state index contributed by atoms with van der Waals surface area (Å²) in [5.41, 5.74) is 1.16. The van der Waals surface area contributed by atoms with Crippen LogP contribution in [0.2, 0.25) is 0 Å². The second-order valence-electron chi connectivity index (χ2n) is 6.14. The number of carboxylic acids is 1. The van der Waals surface area contributed by atoms with Crippen LogP contribution in [-0.4, -0.2) is 42.6 Å². The summed E-state index contributed by atoms with van der Waals surface area (Å²) < 4.78 is 10.9. The summed E-state index contributed by atoms with van der Waals surface area (Å²) in [6.45, 7) is 3.33. The van der Waals surface area contributed by atoms with Crippen LogP contribution in [0.1, 0.15) is 34.6 Å². The minimum absolute atomic E-state index is 0.0280. The van der Waals surface area contributed by atoms with Gasteiger partial charge in [0.25, 0.3) is 11.8 Å². The molecule has 0 unspecified atom stereocenters. The number of methoxy groups -OCH3 is 1. The zero-order chi connectivity index (χ0) is 20.7. The van der Waals surface area contributed by atoms with Crippen LogP contribution < -0.4 is 20.1 Å². The summed E-state index contributed by atoms with van der Waals surface area (Å²) in [5.74, 6) is -0.988. The van der Waals surface area contributed by atoms with E-state index in [0.29, 0.717) is 22.7 Å². The van der Waals surface area contributed by atoms with E-state index >= 15 is 0 Å². The minimum atomic E-state index is -1.13. The smallest absolute Gasteiger partial charge is 0.322 e. The molecule has 148 valence electrons. The molecule has 28 heavy (non-hydrogen) atoms. The molecule has 0 fully saturated rings. The maximum atomic E-state index is 12.5. The quantitative estimate of drug-likeness (QED) is 0.642. The summed E-state index contributed by atoms with van der Waals surface area (Å²) in [5, 5.41) is 13.6. The number of aliphatic carboxylic acids is 1. The van der Waals surface area contributed by atoms with Crippen LogP contribution in [0.4, 0.5) is 5.69 Å². The Hall–Kier alpha value is -3.55. The maximum Gasteiger partial charge on any atom is 0.322 e. The van der Waals surface area contributed by atoms with Gasteiger partial charge in [0.2, 0.25) is 0 Å². The van der Waals surface area contributed by atoms with Crippen molar-refractivity contribution in [1.82, 2.24) is 5.32 Å². The van der Waals surface area contributed by atoms with Crippen LogP contribution in [0.25, 0.3) is 0 Å². The van der Waals surface area contributed by atoms with E-state index in [1.807, 2.05) is 13.8 Å². The summed E-state index contributed by atoms with van der Waals surface area (Å²) >= 11 is 0. The Morgan fingerprint density at radius 1 is 0.964 bits per heavy atom. The van der Waals surface area contributed by atoms with Crippen LogP contribution in [0.3, 0.4) is 0 Å². The molecule has 0 radical (unpaired) electrons. The molecule has 3 N–H and O–H groups in total.